The number of rotatable bonds is 4. The first-order valence-electron chi connectivity index (χ1n) is 5.02. The van der Waals surface area contributed by atoms with E-state index in [1.165, 1.54) is 6.07 Å². The lowest BCUT2D eigenvalue weighted by Gasteiger charge is -2.12. The number of halogens is 2. The fourth-order valence-electron chi connectivity index (χ4n) is 1.58. The molecular weight excluding hydrogens is 214 g/mol. The van der Waals surface area contributed by atoms with Crippen molar-refractivity contribution in [1.82, 2.24) is 0 Å². The van der Waals surface area contributed by atoms with Crippen molar-refractivity contribution in [3.63, 3.8) is 0 Å². The highest BCUT2D eigenvalue weighted by Gasteiger charge is 2.15. The van der Waals surface area contributed by atoms with Gasteiger partial charge in [-0.3, -0.25) is 4.79 Å². The first-order chi connectivity index (χ1) is 7.41. The molecular formula is C12H14F2O2. The highest BCUT2D eigenvalue weighted by Crippen LogP contribution is 2.27. The SMILES string of the molecule is Cc1ccc(C(C)CC(=O)O)cc1C(F)F. The summed E-state index contributed by atoms with van der Waals surface area (Å²) >= 11 is 0. The Morgan fingerprint density at radius 1 is 1.44 bits per heavy atom. The maximum atomic E-state index is 12.6. The molecule has 1 rings (SSSR count). The summed E-state index contributed by atoms with van der Waals surface area (Å²) in [5, 5.41) is 8.63. The third-order valence-electron chi connectivity index (χ3n) is 2.59. The Bertz CT molecular complexity index is 389. The number of hydrogen-bond acceptors (Lipinski definition) is 1. The fourth-order valence-corrected chi connectivity index (χ4v) is 1.58. The molecule has 1 atom stereocenters. The van der Waals surface area contributed by atoms with E-state index in [1.807, 2.05) is 0 Å². The van der Waals surface area contributed by atoms with Gasteiger partial charge >= 0.3 is 5.97 Å². The van der Waals surface area contributed by atoms with Crippen LogP contribution in [0.25, 0.3) is 0 Å². The van der Waals surface area contributed by atoms with Crippen LogP contribution in [0.1, 0.15) is 42.4 Å². The molecule has 0 bridgehead atoms. The Morgan fingerprint density at radius 2 is 2.06 bits per heavy atom. The van der Waals surface area contributed by atoms with Gasteiger partial charge in [-0.1, -0.05) is 19.1 Å². The highest BCUT2D eigenvalue weighted by molar-refractivity contribution is 5.68. The van der Waals surface area contributed by atoms with Crippen LogP contribution in [0.2, 0.25) is 0 Å². The van der Waals surface area contributed by atoms with Crippen LogP contribution >= 0.6 is 0 Å². The van der Waals surface area contributed by atoms with Crippen LogP contribution in [-0.4, -0.2) is 11.1 Å². The fraction of sp³-hybridized carbons (Fsp3) is 0.417. The average Bonchev–Trinajstić information content (AvgIpc) is 2.16. The molecule has 1 N–H and O–H groups in total. The van der Waals surface area contributed by atoms with Crippen molar-refractivity contribution in [2.45, 2.75) is 32.6 Å². The summed E-state index contributed by atoms with van der Waals surface area (Å²) in [6, 6.07) is 4.71. The van der Waals surface area contributed by atoms with Gasteiger partial charge in [-0.05, 0) is 30.0 Å². The van der Waals surface area contributed by atoms with Gasteiger partial charge in [0.25, 0.3) is 6.43 Å². The lowest BCUT2D eigenvalue weighted by molar-refractivity contribution is -0.137. The Hall–Kier alpha value is -1.45. The number of hydrogen-bond donors (Lipinski definition) is 1. The van der Waals surface area contributed by atoms with Gasteiger partial charge in [0.05, 0.1) is 6.42 Å². The Morgan fingerprint density at radius 3 is 2.56 bits per heavy atom. The molecule has 0 saturated heterocycles. The van der Waals surface area contributed by atoms with E-state index in [0.717, 1.165) is 0 Å². The number of carboxylic acids is 1. The summed E-state index contributed by atoms with van der Waals surface area (Å²) in [6.07, 6.45) is -2.57. The molecule has 0 radical (unpaired) electrons. The minimum absolute atomic E-state index is 0.0188. The summed E-state index contributed by atoms with van der Waals surface area (Å²) in [6.45, 7) is 3.33. The highest BCUT2D eigenvalue weighted by atomic mass is 19.3. The van der Waals surface area contributed by atoms with Gasteiger partial charge in [-0.2, -0.15) is 0 Å². The second-order valence-corrected chi connectivity index (χ2v) is 3.92. The van der Waals surface area contributed by atoms with E-state index in [9.17, 15) is 13.6 Å². The zero-order valence-corrected chi connectivity index (χ0v) is 9.21. The summed E-state index contributed by atoms with van der Waals surface area (Å²) in [5.74, 6) is -1.18. The minimum atomic E-state index is -2.52. The second kappa shape index (κ2) is 5.05. The Kier molecular flexibility index (Phi) is 3.99. The van der Waals surface area contributed by atoms with Gasteiger partial charge in [-0.25, -0.2) is 8.78 Å². The molecule has 0 aliphatic rings. The van der Waals surface area contributed by atoms with Crippen molar-refractivity contribution in [3.8, 4) is 0 Å². The molecule has 0 spiro atoms. The normalized spacial score (nSPS) is 12.8. The molecule has 1 aromatic carbocycles. The molecule has 0 aliphatic carbocycles. The second-order valence-electron chi connectivity index (χ2n) is 3.92. The van der Waals surface area contributed by atoms with Crippen LogP contribution in [-0.2, 0) is 4.79 Å². The first kappa shape index (κ1) is 12.6. The van der Waals surface area contributed by atoms with Gasteiger partial charge in [0.1, 0.15) is 0 Å². The quantitative estimate of drug-likeness (QED) is 0.856. The van der Waals surface area contributed by atoms with Crippen molar-refractivity contribution in [2.24, 2.45) is 0 Å². The predicted octanol–water partition coefficient (Wildman–Crippen LogP) is 3.51. The lowest BCUT2D eigenvalue weighted by Crippen LogP contribution is -2.04. The molecule has 0 amide bonds. The number of aryl methyl sites for hydroxylation is 1. The Labute approximate surface area is 92.9 Å². The molecule has 1 unspecified atom stereocenters. The van der Waals surface area contributed by atoms with E-state index < -0.39 is 12.4 Å². The molecule has 0 fully saturated rings. The minimum Gasteiger partial charge on any atom is -0.481 e. The molecule has 0 aliphatic heterocycles. The molecule has 0 saturated carbocycles. The van der Waals surface area contributed by atoms with E-state index >= 15 is 0 Å². The first-order valence-corrected chi connectivity index (χ1v) is 5.02. The number of benzene rings is 1. The predicted molar refractivity (Wildman–Crippen MR) is 56.8 cm³/mol. The zero-order chi connectivity index (χ0) is 12.3. The van der Waals surface area contributed by atoms with Gasteiger partial charge in [-0.15, -0.1) is 0 Å². The topological polar surface area (TPSA) is 37.3 Å². The summed E-state index contributed by atoms with van der Waals surface area (Å²) in [4.78, 5) is 10.5. The van der Waals surface area contributed by atoms with Crippen molar-refractivity contribution in [1.29, 1.82) is 0 Å². The maximum absolute atomic E-state index is 12.6. The van der Waals surface area contributed by atoms with Crippen LogP contribution in [0.5, 0.6) is 0 Å². The number of alkyl halides is 2. The standard InChI is InChI=1S/C12H14F2O2/c1-7-3-4-9(6-10(7)12(13)14)8(2)5-11(15)16/h3-4,6,8,12H,5H2,1-2H3,(H,15,16). The van der Waals surface area contributed by atoms with E-state index in [2.05, 4.69) is 0 Å². The van der Waals surface area contributed by atoms with Crippen LogP contribution in [0, 0.1) is 6.92 Å². The van der Waals surface area contributed by atoms with Crippen molar-refractivity contribution >= 4 is 5.97 Å². The van der Waals surface area contributed by atoms with Crippen LogP contribution < -0.4 is 0 Å². The summed E-state index contributed by atoms with van der Waals surface area (Å²) in [7, 11) is 0. The molecule has 4 heteroatoms. The number of carbonyl (C=O) groups is 1. The Balaban J connectivity index is 2.98. The summed E-state index contributed by atoms with van der Waals surface area (Å²) < 4.78 is 25.2. The van der Waals surface area contributed by atoms with Gasteiger partial charge in [0, 0.05) is 5.56 Å². The van der Waals surface area contributed by atoms with E-state index in [4.69, 9.17) is 5.11 Å². The third-order valence-corrected chi connectivity index (χ3v) is 2.59. The molecule has 16 heavy (non-hydrogen) atoms. The van der Waals surface area contributed by atoms with Gasteiger partial charge in [0.15, 0.2) is 0 Å². The van der Waals surface area contributed by atoms with Gasteiger partial charge < -0.3 is 5.11 Å². The third kappa shape index (κ3) is 3.02. The molecule has 0 aromatic heterocycles. The molecule has 0 heterocycles. The molecule has 1 aromatic rings. The average molecular weight is 228 g/mol. The van der Waals surface area contributed by atoms with Crippen molar-refractivity contribution in [3.05, 3.63) is 34.9 Å². The van der Waals surface area contributed by atoms with Crippen LogP contribution in [0.4, 0.5) is 8.78 Å². The maximum Gasteiger partial charge on any atom is 0.303 e. The molecule has 2 nitrogen and oxygen atoms in total. The van der Waals surface area contributed by atoms with Crippen LogP contribution in [0.15, 0.2) is 18.2 Å². The van der Waals surface area contributed by atoms with E-state index in [1.54, 1.807) is 26.0 Å². The van der Waals surface area contributed by atoms with Crippen LogP contribution in [0.3, 0.4) is 0 Å². The van der Waals surface area contributed by atoms with E-state index in [-0.39, 0.29) is 17.9 Å². The number of carboxylic acid groups (broad SMARTS) is 1. The van der Waals surface area contributed by atoms with Crippen molar-refractivity contribution in [2.75, 3.05) is 0 Å². The monoisotopic (exact) mass is 228 g/mol. The molecule has 88 valence electrons. The lowest BCUT2D eigenvalue weighted by atomic mass is 9.94. The summed E-state index contributed by atoms with van der Waals surface area (Å²) in [5.41, 5.74) is 1.15. The van der Waals surface area contributed by atoms with Crippen molar-refractivity contribution < 1.29 is 18.7 Å². The zero-order valence-electron chi connectivity index (χ0n) is 9.21. The largest absolute Gasteiger partial charge is 0.481 e. The van der Waals surface area contributed by atoms with Gasteiger partial charge in [0.2, 0.25) is 0 Å². The van der Waals surface area contributed by atoms with E-state index in [0.29, 0.717) is 11.1 Å². The smallest absolute Gasteiger partial charge is 0.303 e. The number of aliphatic carboxylic acids is 1.